The number of Topliss-reactive ketones (excluding diaryl/α,β-unsaturated/α-hetero) is 1. The molecule has 0 aliphatic rings. The Morgan fingerprint density at radius 2 is 1.71 bits per heavy atom. The van der Waals surface area contributed by atoms with E-state index in [0.29, 0.717) is 12.8 Å². The van der Waals surface area contributed by atoms with Crippen LogP contribution in [0.5, 0.6) is 0 Å². The zero-order chi connectivity index (χ0) is 13.1. The lowest BCUT2D eigenvalue weighted by Crippen LogP contribution is -2.14. The number of esters is 1. The van der Waals surface area contributed by atoms with Crippen LogP contribution in [0.2, 0.25) is 0 Å². The first-order chi connectivity index (χ1) is 8.06. The predicted molar refractivity (Wildman–Crippen MR) is 65.6 cm³/mol. The summed E-state index contributed by atoms with van der Waals surface area (Å²) >= 11 is 0. The molecule has 100 valence electrons. The van der Waals surface area contributed by atoms with E-state index >= 15 is 0 Å². The summed E-state index contributed by atoms with van der Waals surface area (Å²) in [5.41, 5.74) is 0. The molecule has 0 aromatic heterocycles. The van der Waals surface area contributed by atoms with Gasteiger partial charge in [0.05, 0.1) is 19.6 Å². The number of carbonyl (C=O) groups excluding carboxylic acids is 2. The summed E-state index contributed by atoms with van der Waals surface area (Å²) in [5, 5.41) is 9.48. The highest BCUT2D eigenvalue weighted by atomic mass is 16.5. The van der Waals surface area contributed by atoms with Crippen LogP contribution in [0.15, 0.2) is 0 Å². The van der Waals surface area contributed by atoms with Crippen LogP contribution in [0.25, 0.3) is 0 Å². The minimum absolute atomic E-state index is 0.0842. The first-order valence-corrected chi connectivity index (χ1v) is 6.30. The van der Waals surface area contributed by atoms with Crippen LogP contribution in [0.1, 0.15) is 58.3 Å². The second-order valence-corrected chi connectivity index (χ2v) is 4.44. The lowest BCUT2D eigenvalue weighted by atomic mass is 10.0. The van der Waals surface area contributed by atoms with Crippen LogP contribution in [0.4, 0.5) is 0 Å². The van der Waals surface area contributed by atoms with E-state index in [1.807, 2.05) is 0 Å². The number of methoxy groups -OCH3 is 1. The molecule has 0 spiro atoms. The summed E-state index contributed by atoms with van der Waals surface area (Å²) in [4.78, 5) is 21.5. The summed E-state index contributed by atoms with van der Waals surface area (Å²) in [6.07, 6.45) is 5.87. The molecule has 17 heavy (non-hydrogen) atoms. The lowest BCUT2D eigenvalue weighted by Gasteiger charge is -2.08. The highest BCUT2D eigenvalue weighted by Crippen LogP contribution is 2.10. The quantitative estimate of drug-likeness (QED) is 0.473. The Labute approximate surface area is 103 Å². The largest absolute Gasteiger partial charge is 0.469 e. The Morgan fingerprint density at radius 3 is 2.29 bits per heavy atom. The van der Waals surface area contributed by atoms with Crippen molar-refractivity contribution in [3.8, 4) is 0 Å². The molecule has 0 rings (SSSR count). The molecular formula is C13H24O4. The van der Waals surface area contributed by atoms with Crippen LogP contribution in [0, 0.1) is 0 Å². The summed E-state index contributed by atoms with van der Waals surface area (Å²) in [6.45, 7) is 1.61. The first kappa shape index (κ1) is 16.1. The third-order valence-electron chi connectivity index (χ3n) is 2.70. The van der Waals surface area contributed by atoms with Crippen LogP contribution in [-0.4, -0.2) is 30.1 Å². The van der Waals surface area contributed by atoms with E-state index in [1.54, 1.807) is 6.92 Å². The van der Waals surface area contributed by atoms with Crippen molar-refractivity contribution < 1.29 is 19.4 Å². The summed E-state index contributed by atoms with van der Waals surface area (Å²) in [6, 6.07) is 0. The van der Waals surface area contributed by atoms with Gasteiger partial charge in [-0.15, -0.1) is 0 Å². The molecule has 4 nitrogen and oxygen atoms in total. The van der Waals surface area contributed by atoms with Crippen molar-refractivity contribution in [2.45, 2.75) is 64.4 Å². The monoisotopic (exact) mass is 244 g/mol. The number of carbonyl (C=O) groups is 2. The minimum atomic E-state index is -0.584. The van der Waals surface area contributed by atoms with Gasteiger partial charge >= 0.3 is 5.97 Å². The van der Waals surface area contributed by atoms with E-state index in [4.69, 9.17) is 0 Å². The number of aliphatic hydroxyl groups is 1. The summed E-state index contributed by atoms with van der Waals surface area (Å²) in [5.74, 6) is -0.113. The first-order valence-electron chi connectivity index (χ1n) is 6.30. The number of ketones is 1. The maximum atomic E-state index is 10.8. The second-order valence-electron chi connectivity index (χ2n) is 4.44. The van der Waals surface area contributed by atoms with Gasteiger partial charge in [0.25, 0.3) is 0 Å². The normalized spacial score (nSPS) is 12.2. The van der Waals surface area contributed by atoms with E-state index in [-0.39, 0.29) is 18.2 Å². The van der Waals surface area contributed by atoms with Gasteiger partial charge in [0.15, 0.2) is 0 Å². The highest BCUT2D eigenvalue weighted by Gasteiger charge is 2.09. The Hall–Kier alpha value is -0.900. The van der Waals surface area contributed by atoms with Gasteiger partial charge in [0.2, 0.25) is 0 Å². The average Bonchev–Trinajstić information content (AvgIpc) is 2.27. The maximum Gasteiger partial charge on any atom is 0.308 e. The van der Waals surface area contributed by atoms with Crippen LogP contribution >= 0.6 is 0 Å². The van der Waals surface area contributed by atoms with Gasteiger partial charge in [-0.25, -0.2) is 0 Å². The van der Waals surface area contributed by atoms with Gasteiger partial charge in [0, 0.05) is 6.42 Å². The zero-order valence-electron chi connectivity index (χ0n) is 10.9. The molecule has 1 N–H and O–H groups in total. The van der Waals surface area contributed by atoms with E-state index in [1.165, 1.54) is 7.11 Å². The van der Waals surface area contributed by atoms with Crippen molar-refractivity contribution in [2.75, 3.05) is 7.11 Å². The maximum absolute atomic E-state index is 10.8. The van der Waals surface area contributed by atoms with E-state index in [9.17, 15) is 14.7 Å². The predicted octanol–water partition coefficient (Wildman–Crippen LogP) is 2.23. The molecule has 0 aliphatic heterocycles. The van der Waals surface area contributed by atoms with Gasteiger partial charge in [-0.1, -0.05) is 25.7 Å². The molecule has 0 saturated carbocycles. The van der Waals surface area contributed by atoms with Gasteiger partial charge in [-0.05, 0) is 19.8 Å². The Bertz CT molecular complexity index is 225. The SMILES string of the molecule is COC(=O)C[C@H](O)CCCCCCCC(C)=O. The Kier molecular flexibility index (Phi) is 9.72. The fourth-order valence-corrected chi connectivity index (χ4v) is 1.66. The molecule has 0 saturated heterocycles. The fraction of sp³-hybridized carbons (Fsp3) is 0.846. The minimum Gasteiger partial charge on any atom is -0.469 e. The van der Waals surface area contributed by atoms with E-state index in [2.05, 4.69) is 4.74 Å². The van der Waals surface area contributed by atoms with Crippen LogP contribution < -0.4 is 0 Å². The molecule has 0 aromatic carbocycles. The highest BCUT2D eigenvalue weighted by molar-refractivity contribution is 5.75. The van der Waals surface area contributed by atoms with Gasteiger partial charge in [-0.2, -0.15) is 0 Å². The number of rotatable bonds is 10. The van der Waals surface area contributed by atoms with Crippen molar-refractivity contribution in [3.63, 3.8) is 0 Å². The summed E-state index contributed by atoms with van der Waals surface area (Å²) in [7, 11) is 1.32. The molecule has 1 atom stereocenters. The van der Waals surface area contributed by atoms with Gasteiger partial charge < -0.3 is 14.6 Å². The molecule has 0 bridgehead atoms. The van der Waals surface area contributed by atoms with E-state index < -0.39 is 6.10 Å². The number of hydrogen-bond donors (Lipinski definition) is 1. The molecule has 4 heteroatoms. The van der Waals surface area contributed by atoms with Crippen molar-refractivity contribution >= 4 is 11.8 Å². The molecule has 0 radical (unpaired) electrons. The third-order valence-corrected chi connectivity index (χ3v) is 2.70. The summed E-state index contributed by atoms with van der Waals surface area (Å²) < 4.78 is 4.47. The number of aliphatic hydroxyl groups excluding tert-OH is 1. The van der Waals surface area contributed by atoms with Crippen LogP contribution in [0.3, 0.4) is 0 Å². The fourth-order valence-electron chi connectivity index (χ4n) is 1.66. The Balaban J connectivity index is 3.27. The van der Waals surface area contributed by atoms with Crippen molar-refractivity contribution in [3.05, 3.63) is 0 Å². The Morgan fingerprint density at radius 1 is 1.12 bits per heavy atom. The molecule has 0 heterocycles. The number of ether oxygens (including phenoxy) is 1. The van der Waals surface area contributed by atoms with Gasteiger partial charge in [0.1, 0.15) is 5.78 Å². The van der Waals surface area contributed by atoms with E-state index in [0.717, 1.165) is 32.1 Å². The van der Waals surface area contributed by atoms with Crippen molar-refractivity contribution in [1.29, 1.82) is 0 Å². The lowest BCUT2D eigenvalue weighted by molar-refractivity contribution is -0.142. The smallest absolute Gasteiger partial charge is 0.308 e. The molecule has 0 aromatic rings. The van der Waals surface area contributed by atoms with Crippen LogP contribution in [-0.2, 0) is 14.3 Å². The zero-order valence-corrected chi connectivity index (χ0v) is 10.9. The molecule has 0 unspecified atom stereocenters. The number of unbranched alkanes of at least 4 members (excludes halogenated alkanes) is 4. The van der Waals surface area contributed by atoms with Crippen molar-refractivity contribution in [1.82, 2.24) is 0 Å². The molecule has 0 aliphatic carbocycles. The standard InChI is InChI=1S/C13H24O4/c1-11(14)8-6-4-3-5-7-9-12(15)10-13(16)17-2/h12,15H,3-10H2,1-2H3/t12-/m1/s1. The van der Waals surface area contributed by atoms with Crippen molar-refractivity contribution in [2.24, 2.45) is 0 Å². The molecule has 0 fully saturated rings. The molecule has 0 amide bonds. The molecular weight excluding hydrogens is 220 g/mol. The van der Waals surface area contributed by atoms with Gasteiger partial charge in [-0.3, -0.25) is 4.79 Å². The third kappa shape index (κ3) is 11.4. The average molecular weight is 244 g/mol. The number of hydrogen-bond acceptors (Lipinski definition) is 4. The topological polar surface area (TPSA) is 63.6 Å². The second kappa shape index (κ2) is 10.3.